The van der Waals surface area contributed by atoms with E-state index in [9.17, 15) is 18.3 Å². The standard InChI is InChI=1S/C13H13NO5S2/c15-11(9-4-2-1-3-5-9)7-14-21(18,19)10-6-12(13(16)17)20-8-10/h1-6,8,11,14-15H,7H2,(H,16,17). The average Bonchev–Trinajstić information content (AvgIpc) is 2.97. The molecule has 1 aromatic carbocycles. The van der Waals surface area contributed by atoms with Gasteiger partial charge in [-0.3, -0.25) is 0 Å². The summed E-state index contributed by atoms with van der Waals surface area (Å²) in [7, 11) is -3.84. The summed E-state index contributed by atoms with van der Waals surface area (Å²) in [5, 5.41) is 19.9. The number of carbonyl (C=O) groups is 1. The van der Waals surface area contributed by atoms with Gasteiger partial charge in [0.2, 0.25) is 10.0 Å². The van der Waals surface area contributed by atoms with Crippen LogP contribution in [0.5, 0.6) is 0 Å². The first-order chi connectivity index (χ1) is 9.90. The van der Waals surface area contributed by atoms with E-state index < -0.39 is 22.1 Å². The van der Waals surface area contributed by atoms with Crippen LogP contribution in [-0.2, 0) is 10.0 Å². The Morgan fingerprint density at radius 3 is 2.52 bits per heavy atom. The zero-order valence-electron chi connectivity index (χ0n) is 10.8. The van der Waals surface area contributed by atoms with Crippen LogP contribution in [-0.4, -0.2) is 31.1 Å². The summed E-state index contributed by atoms with van der Waals surface area (Å²) >= 11 is 0.834. The molecule has 1 unspecified atom stereocenters. The van der Waals surface area contributed by atoms with Crippen LogP contribution in [0.15, 0.2) is 46.7 Å². The summed E-state index contributed by atoms with van der Waals surface area (Å²) in [6.07, 6.45) is -0.974. The maximum Gasteiger partial charge on any atom is 0.345 e. The number of rotatable bonds is 6. The lowest BCUT2D eigenvalue weighted by Gasteiger charge is -2.11. The highest BCUT2D eigenvalue weighted by atomic mass is 32.2. The number of hydrogen-bond acceptors (Lipinski definition) is 5. The maximum absolute atomic E-state index is 12.0. The van der Waals surface area contributed by atoms with Gasteiger partial charge in [0.05, 0.1) is 11.0 Å². The molecule has 0 fully saturated rings. The molecule has 6 nitrogen and oxygen atoms in total. The highest BCUT2D eigenvalue weighted by Gasteiger charge is 2.19. The lowest BCUT2D eigenvalue weighted by atomic mass is 10.1. The third-order valence-corrected chi connectivity index (χ3v) is 5.22. The Morgan fingerprint density at radius 2 is 1.95 bits per heavy atom. The number of aliphatic hydroxyl groups is 1. The number of carboxylic acids is 1. The second-order valence-electron chi connectivity index (χ2n) is 4.23. The Labute approximate surface area is 125 Å². The zero-order chi connectivity index (χ0) is 15.5. The van der Waals surface area contributed by atoms with Crippen molar-refractivity contribution in [1.29, 1.82) is 0 Å². The van der Waals surface area contributed by atoms with Crippen LogP contribution in [0.4, 0.5) is 0 Å². The Balaban J connectivity index is 2.06. The van der Waals surface area contributed by atoms with Gasteiger partial charge in [0.25, 0.3) is 0 Å². The second kappa shape index (κ2) is 6.35. The molecule has 3 N–H and O–H groups in total. The van der Waals surface area contributed by atoms with E-state index in [-0.39, 0.29) is 16.3 Å². The van der Waals surface area contributed by atoms with E-state index in [4.69, 9.17) is 5.11 Å². The van der Waals surface area contributed by atoms with E-state index >= 15 is 0 Å². The van der Waals surface area contributed by atoms with Crippen molar-refractivity contribution in [3.8, 4) is 0 Å². The van der Waals surface area contributed by atoms with Crippen LogP contribution in [0, 0.1) is 0 Å². The first-order valence-corrected chi connectivity index (χ1v) is 8.31. The third kappa shape index (κ3) is 3.88. The van der Waals surface area contributed by atoms with Crippen LogP contribution in [0.25, 0.3) is 0 Å². The van der Waals surface area contributed by atoms with Crippen LogP contribution >= 0.6 is 11.3 Å². The lowest BCUT2D eigenvalue weighted by Crippen LogP contribution is -2.28. The number of hydrogen-bond donors (Lipinski definition) is 3. The van der Waals surface area contributed by atoms with Gasteiger partial charge in [-0.1, -0.05) is 30.3 Å². The molecule has 0 spiro atoms. The van der Waals surface area contributed by atoms with Crippen molar-refractivity contribution in [3.63, 3.8) is 0 Å². The van der Waals surface area contributed by atoms with Gasteiger partial charge in [0.15, 0.2) is 0 Å². The number of aliphatic hydroxyl groups excluding tert-OH is 1. The smallest absolute Gasteiger partial charge is 0.345 e. The predicted octanol–water partition coefficient (Wildman–Crippen LogP) is 1.46. The average molecular weight is 327 g/mol. The Morgan fingerprint density at radius 1 is 1.29 bits per heavy atom. The second-order valence-corrected chi connectivity index (χ2v) is 6.91. The summed E-state index contributed by atoms with van der Waals surface area (Å²) in [4.78, 5) is 10.6. The molecule has 0 aliphatic heterocycles. The van der Waals surface area contributed by atoms with Crippen molar-refractivity contribution in [1.82, 2.24) is 4.72 Å². The largest absolute Gasteiger partial charge is 0.477 e. The van der Waals surface area contributed by atoms with Crippen molar-refractivity contribution >= 4 is 27.3 Å². The number of benzene rings is 1. The van der Waals surface area contributed by atoms with Gasteiger partial charge in [-0.05, 0) is 11.6 Å². The minimum atomic E-state index is -3.84. The molecule has 1 atom stereocenters. The summed E-state index contributed by atoms with van der Waals surface area (Å²) < 4.78 is 26.3. The first kappa shape index (κ1) is 15.6. The van der Waals surface area contributed by atoms with Gasteiger partial charge in [0.1, 0.15) is 4.88 Å². The number of nitrogens with one attached hydrogen (secondary N) is 1. The highest BCUT2D eigenvalue weighted by molar-refractivity contribution is 7.89. The topological polar surface area (TPSA) is 104 Å². The van der Waals surface area contributed by atoms with Gasteiger partial charge in [-0.2, -0.15) is 0 Å². The Kier molecular flexibility index (Phi) is 4.73. The van der Waals surface area contributed by atoms with E-state index in [0.717, 1.165) is 17.4 Å². The third-order valence-electron chi connectivity index (χ3n) is 2.75. The zero-order valence-corrected chi connectivity index (χ0v) is 12.4. The van der Waals surface area contributed by atoms with Gasteiger partial charge >= 0.3 is 5.97 Å². The van der Waals surface area contributed by atoms with E-state index in [1.54, 1.807) is 30.3 Å². The van der Waals surface area contributed by atoms with E-state index in [1.165, 1.54) is 5.38 Å². The highest BCUT2D eigenvalue weighted by Crippen LogP contribution is 2.20. The van der Waals surface area contributed by atoms with Gasteiger partial charge in [-0.25, -0.2) is 17.9 Å². The molecule has 0 aliphatic rings. The molecule has 0 radical (unpaired) electrons. The molecule has 21 heavy (non-hydrogen) atoms. The summed E-state index contributed by atoms with van der Waals surface area (Å²) in [5.74, 6) is -1.18. The van der Waals surface area contributed by atoms with Crippen LogP contribution in [0.3, 0.4) is 0 Å². The molecule has 0 bridgehead atoms. The van der Waals surface area contributed by atoms with Crippen LogP contribution < -0.4 is 4.72 Å². The molecule has 112 valence electrons. The Bertz CT molecular complexity index is 724. The molecule has 0 amide bonds. The van der Waals surface area contributed by atoms with E-state index in [2.05, 4.69) is 4.72 Å². The molecule has 2 rings (SSSR count). The minimum absolute atomic E-state index is 0.0565. The van der Waals surface area contributed by atoms with Crippen molar-refractivity contribution in [2.45, 2.75) is 11.0 Å². The van der Waals surface area contributed by atoms with Crippen molar-refractivity contribution in [2.75, 3.05) is 6.54 Å². The number of carboxylic acid groups (broad SMARTS) is 1. The maximum atomic E-state index is 12.0. The molecule has 0 aliphatic carbocycles. The molecular formula is C13H13NO5S2. The SMILES string of the molecule is O=C(O)c1cc(S(=O)(=O)NCC(O)c2ccccc2)cs1. The Hall–Kier alpha value is -1.74. The molecule has 8 heteroatoms. The minimum Gasteiger partial charge on any atom is -0.477 e. The number of thiophene rings is 1. The fourth-order valence-corrected chi connectivity index (χ4v) is 3.79. The fourth-order valence-electron chi connectivity index (χ4n) is 1.64. The van der Waals surface area contributed by atoms with Gasteiger partial charge in [-0.15, -0.1) is 11.3 Å². The van der Waals surface area contributed by atoms with Crippen LogP contribution in [0.1, 0.15) is 21.3 Å². The molecular weight excluding hydrogens is 314 g/mol. The van der Waals surface area contributed by atoms with E-state index in [1.807, 2.05) is 0 Å². The quantitative estimate of drug-likeness (QED) is 0.745. The van der Waals surface area contributed by atoms with Gasteiger partial charge < -0.3 is 10.2 Å². The molecule has 1 heterocycles. The van der Waals surface area contributed by atoms with E-state index in [0.29, 0.717) is 5.56 Å². The molecule has 2 aromatic rings. The molecule has 0 saturated carbocycles. The summed E-state index contributed by atoms with van der Waals surface area (Å²) in [5.41, 5.74) is 0.594. The molecule has 0 saturated heterocycles. The fraction of sp³-hybridized carbons (Fsp3) is 0.154. The number of aromatic carboxylic acids is 1. The monoisotopic (exact) mass is 327 g/mol. The summed E-state index contributed by atoms with van der Waals surface area (Å²) in [6.45, 7) is -0.190. The van der Waals surface area contributed by atoms with Gasteiger partial charge in [0, 0.05) is 11.9 Å². The van der Waals surface area contributed by atoms with Crippen LogP contribution in [0.2, 0.25) is 0 Å². The predicted molar refractivity (Wildman–Crippen MR) is 77.9 cm³/mol. The molecule has 1 aromatic heterocycles. The summed E-state index contributed by atoms with van der Waals surface area (Å²) in [6, 6.07) is 9.73. The lowest BCUT2D eigenvalue weighted by molar-refractivity contribution is 0.0702. The van der Waals surface area contributed by atoms with Crippen molar-refractivity contribution in [3.05, 3.63) is 52.2 Å². The van der Waals surface area contributed by atoms with Crippen molar-refractivity contribution < 1.29 is 23.4 Å². The van der Waals surface area contributed by atoms with Crippen molar-refractivity contribution in [2.24, 2.45) is 0 Å². The number of sulfonamides is 1. The normalized spacial score (nSPS) is 13.0. The first-order valence-electron chi connectivity index (χ1n) is 5.94.